The van der Waals surface area contributed by atoms with E-state index in [1.807, 2.05) is 13.0 Å². The van der Waals surface area contributed by atoms with Crippen LogP contribution in [0.15, 0.2) is 89.3 Å². The van der Waals surface area contributed by atoms with Gasteiger partial charge < -0.3 is 0 Å². The fourth-order valence-electron chi connectivity index (χ4n) is 2.76. The SMILES string of the molecule is Cc1ccc(S(=O)(=O)c2cnc(-c3cccnc3)nc2-c2ccncc2)cc1. The van der Waals surface area contributed by atoms with E-state index in [1.54, 1.807) is 67.3 Å². The van der Waals surface area contributed by atoms with Crippen molar-refractivity contribution in [3.8, 4) is 22.6 Å². The van der Waals surface area contributed by atoms with Crippen molar-refractivity contribution in [2.24, 2.45) is 0 Å². The molecule has 0 amide bonds. The van der Waals surface area contributed by atoms with Gasteiger partial charge in [0.2, 0.25) is 9.84 Å². The average molecular weight is 388 g/mol. The molecule has 0 saturated heterocycles. The number of rotatable bonds is 4. The maximum absolute atomic E-state index is 13.3. The summed E-state index contributed by atoms with van der Waals surface area (Å²) in [6.45, 7) is 1.91. The molecule has 0 fully saturated rings. The number of hydrogen-bond donors (Lipinski definition) is 0. The van der Waals surface area contributed by atoms with Crippen LogP contribution in [-0.2, 0) is 9.84 Å². The Morgan fingerprint density at radius 1 is 0.786 bits per heavy atom. The first-order valence-electron chi connectivity index (χ1n) is 8.55. The Bertz CT molecular complexity index is 1210. The van der Waals surface area contributed by atoms with Crippen LogP contribution in [-0.4, -0.2) is 28.4 Å². The Balaban J connectivity index is 1.93. The van der Waals surface area contributed by atoms with Gasteiger partial charge in [0.15, 0.2) is 5.82 Å². The summed E-state index contributed by atoms with van der Waals surface area (Å²) in [7, 11) is -3.79. The van der Waals surface area contributed by atoms with E-state index in [0.717, 1.165) is 5.56 Å². The van der Waals surface area contributed by atoms with E-state index in [0.29, 0.717) is 22.6 Å². The van der Waals surface area contributed by atoms with Gasteiger partial charge in [0.25, 0.3) is 0 Å². The lowest BCUT2D eigenvalue weighted by Crippen LogP contribution is -2.07. The fraction of sp³-hybridized carbons (Fsp3) is 0.0476. The zero-order valence-corrected chi connectivity index (χ0v) is 15.8. The van der Waals surface area contributed by atoms with Gasteiger partial charge in [0.05, 0.1) is 16.8 Å². The first-order valence-corrected chi connectivity index (χ1v) is 10.0. The minimum atomic E-state index is -3.79. The number of nitrogens with zero attached hydrogens (tertiary/aromatic N) is 4. The average Bonchev–Trinajstić information content (AvgIpc) is 2.75. The van der Waals surface area contributed by atoms with Crippen molar-refractivity contribution in [1.82, 2.24) is 19.9 Å². The third-order valence-electron chi connectivity index (χ3n) is 4.25. The third kappa shape index (κ3) is 3.39. The maximum atomic E-state index is 13.3. The second-order valence-corrected chi connectivity index (χ2v) is 8.12. The molecule has 0 aliphatic rings. The molecule has 4 aromatic rings. The van der Waals surface area contributed by atoms with Gasteiger partial charge in [-0.15, -0.1) is 0 Å². The van der Waals surface area contributed by atoms with Crippen molar-refractivity contribution in [1.29, 1.82) is 0 Å². The summed E-state index contributed by atoms with van der Waals surface area (Å²) >= 11 is 0. The molecule has 1 aromatic carbocycles. The van der Waals surface area contributed by atoms with Crippen LogP contribution < -0.4 is 0 Å². The molecule has 0 spiro atoms. The number of pyridine rings is 2. The molecule has 3 heterocycles. The molecule has 3 aromatic heterocycles. The van der Waals surface area contributed by atoms with Crippen LogP contribution in [0, 0.1) is 6.92 Å². The third-order valence-corrected chi connectivity index (χ3v) is 6.02. The first-order chi connectivity index (χ1) is 13.6. The number of aryl methyl sites for hydroxylation is 1. The van der Waals surface area contributed by atoms with Crippen molar-refractivity contribution < 1.29 is 8.42 Å². The van der Waals surface area contributed by atoms with E-state index >= 15 is 0 Å². The molecule has 4 rings (SSSR count). The van der Waals surface area contributed by atoms with Gasteiger partial charge in [-0.05, 0) is 43.3 Å². The molecule has 0 radical (unpaired) electrons. The minimum absolute atomic E-state index is 0.0511. The summed E-state index contributed by atoms with van der Waals surface area (Å²) in [4.78, 5) is 17.2. The van der Waals surface area contributed by atoms with Crippen LogP contribution in [0.3, 0.4) is 0 Å². The normalized spacial score (nSPS) is 11.3. The summed E-state index contributed by atoms with van der Waals surface area (Å²) in [5.74, 6) is 0.405. The Kier molecular flexibility index (Phi) is 4.67. The lowest BCUT2D eigenvalue weighted by Gasteiger charge is -2.11. The smallest absolute Gasteiger partial charge is 0.210 e. The zero-order chi connectivity index (χ0) is 19.6. The highest BCUT2D eigenvalue weighted by Crippen LogP contribution is 2.31. The summed E-state index contributed by atoms with van der Waals surface area (Å²) in [5, 5.41) is 0. The van der Waals surface area contributed by atoms with Crippen LogP contribution in [0.1, 0.15) is 5.56 Å². The topological polar surface area (TPSA) is 85.7 Å². The molecule has 0 bridgehead atoms. The standard InChI is InChI=1S/C21H16N4O2S/c1-15-4-6-18(7-5-15)28(26,27)19-14-24-21(17-3-2-10-23-13-17)25-20(19)16-8-11-22-12-9-16/h2-14H,1H3. The molecule has 138 valence electrons. The predicted octanol–water partition coefficient (Wildman–Crippen LogP) is 3.74. The highest BCUT2D eigenvalue weighted by Gasteiger charge is 2.24. The van der Waals surface area contributed by atoms with Crippen LogP contribution in [0.5, 0.6) is 0 Å². The van der Waals surface area contributed by atoms with Crippen molar-refractivity contribution >= 4 is 9.84 Å². The Morgan fingerprint density at radius 2 is 1.54 bits per heavy atom. The number of benzene rings is 1. The maximum Gasteiger partial charge on any atom is 0.210 e. The van der Waals surface area contributed by atoms with E-state index in [4.69, 9.17) is 0 Å². The highest BCUT2D eigenvalue weighted by molar-refractivity contribution is 7.91. The molecular weight excluding hydrogens is 372 g/mol. The van der Waals surface area contributed by atoms with Gasteiger partial charge in [-0.2, -0.15) is 0 Å². The lowest BCUT2D eigenvalue weighted by atomic mass is 10.2. The molecular formula is C21H16N4O2S. The Morgan fingerprint density at radius 3 is 2.21 bits per heavy atom. The summed E-state index contributed by atoms with van der Waals surface area (Å²) < 4.78 is 26.6. The summed E-state index contributed by atoms with van der Waals surface area (Å²) in [6.07, 6.45) is 7.86. The van der Waals surface area contributed by atoms with Crippen LogP contribution in [0.4, 0.5) is 0 Å². The van der Waals surface area contributed by atoms with Crippen molar-refractivity contribution in [3.63, 3.8) is 0 Å². The first kappa shape index (κ1) is 17.9. The summed E-state index contributed by atoms with van der Waals surface area (Å²) in [5.41, 5.74) is 2.67. The van der Waals surface area contributed by atoms with Gasteiger partial charge in [-0.1, -0.05) is 17.7 Å². The molecule has 0 aliphatic heterocycles. The van der Waals surface area contributed by atoms with E-state index in [2.05, 4.69) is 19.9 Å². The molecule has 0 atom stereocenters. The second-order valence-electron chi connectivity index (χ2n) is 6.20. The molecule has 6 nitrogen and oxygen atoms in total. The molecule has 0 N–H and O–H groups in total. The van der Waals surface area contributed by atoms with Crippen LogP contribution in [0.25, 0.3) is 22.6 Å². The number of hydrogen-bond acceptors (Lipinski definition) is 6. The minimum Gasteiger partial charge on any atom is -0.265 e. The van der Waals surface area contributed by atoms with E-state index in [-0.39, 0.29) is 9.79 Å². The molecule has 0 saturated carbocycles. The van der Waals surface area contributed by atoms with E-state index in [9.17, 15) is 8.42 Å². The number of aromatic nitrogens is 4. The van der Waals surface area contributed by atoms with Gasteiger partial charge in [-0.3, -0.25) is 9.97 Å². The van der Waals surface area contributed by atoms with Gasteiger partial charge in [0.1, 0.15) is 4.90 Å². The summed E-state index contributed by atoms with van der Waals surface area (Å²) in [6, 6.07) is 13.8. The Hall–Kier alpha value is -3.45. The highest BCUT2D eigenvalue weighted by atomic mass is 32.2. The lowest BCUT2D eigenvalue weighted by molar-refractivity contribution is 0.595. The van der Waals surface area contributed by atoms with Gasteiger partial charge >= 0.3 is 0 Å². The second kappa shape index (κ2) is 7.28. The zero-order valence-electron chi connectivity index (χ0n) is 15.0. The molecule has 0 aliphatic carbocycles. The number of sulfone groups is 1. The van der Waals surface area contributed by atoms with Crippen LogP contribution in [0.2, 0.25) is 0 Å². The van der Waals surface area contributed by atoms with Gasteiger partial charge in [0, 0.05) is 35.9 Å². The Labute approximate surface area is 162 Å². The van der Waals surface area contributed by atoms with Crippen molar-refractivity contribution in [2.75, 3.05) is 0 Å². The van der Waals surface area contributed by atoms with Gasteiger partial charge in [-0.25, -0.2) is 18.4 Å². The van der Waals surface area contributed by atoms with E-state index < -0.39 is 9.84 Å². The van der Waals surface area contributed by atoms with Crippen LogP contribution >= 0.6 is 0 Å². The largest absolute Gasteiger partial charge is 0.265 e. The molecule has 0 unspecified atom stereocenters. The predicted molar refractivity (Wildman–Crippen MR) is 105 cm³/mol. The molecule has 7 heteroatoms. The fourth-order valence-corrected chi connectivity index (χ4v) is 4.12. The van der Waals surface area contributed by atoms with Crippen molar-refractivity contribution in [2.45, 2.75) is 16.7 Å². The van der Waals surface area contributed by atoms with E-state index in [1.165, 1.54) is 6.20 Å². The quantitative estimate of drug-likeness (QED) is 0.529. The molecule has 28 heavy (non-hydrogen) atoms. The van der Waals surface area contributed by atoms with Crippen molar-refractivity contribution in [3.05, 3.63) is 85.1 Å². The monoisotopic (exact) mass is 388 g/mol.